The van der Waals surface area contributed by atoms with Crippen molar-refractivity contribution < 1.29 is 9.59 Å². The number of rotatable bonds is 8. The molecular formula is C22H23N5O2. The van der Waals surface area contributed by atoms with Crippen molar-refractivity contribution in [2.45, 2.75) is 19.9 Å². The van der Waals surface area contributed by atoms with E-state index < -0.39 is 5.91 Å². The summed E-state index contributed by atoms with van der Waals surface area (Å²) in [5.74, 6) is 0.0939. The predicted octanol–water partition coefficient (Wildman–Crippen LogP) is 3.42. The van der Waals surface area contributed by atoms with Gasteiger partial charge in [-0.25, -0.2) is 4.98 Å². The molecule has 3 aromatic rings. The number of benzene rings is 2. The summed E-state index contributed by atoms with van der Waals surface area (Å²) in [5.41, 5.74) is 9.56. The van der Waals surface area contributed by atoms with E-state index >= 15 is 0 Å². The molecule has 0 aliphatic rings. The Balaban J connectivity index is 1.76. The highest BCUT2D eigenvalue weighted by Crippen LogP contribution is 2.23. The molecule has 0 unspecified atom stereocenters. The lowest BCUT2D eigenvalue weighted by atomic mass is 10.1. The highest BCUT2D eigenvalue weighted by Gasteiger charge is 2.09. The lowest BCUT2D eigenvalue weighted by molar-refractivity contribution is -0.117. The molecule has 0 fully saturated rings. The Morgan fingerprint density at radius 2 is 1.69 bits per heavy atom. The molecule has 0 spiro atoms. The standard InChI is InChI=1S/C22H23N5O2/c1-15(28)26-18-7-9-19(10-8-18)27-22-12-20(17(14-25-22)11-21(23)29)24-13-16-5-3-2-4-6-16/h2-10,12,14H,11,13H2,1H3,(H2,23,29)(H,26,28)(H2,24,25,27). The topological polar surface area (TPSA) is 109 Å². The molecule has 0 atom stereocenters. The molecule has 0 saturated heterocycles. The van der Waals surface area contributed by atoms with Gasteiger partial charge < -0.3 is 21.7 Å². The van der Waals surface area contributed by atoms with Crippen LogP contribution in [-0.2, 0) is 22.6 Å². The van der Waals surface area contributed by atoms with Crippen LogP contribution in [0, 0.1) is 0 Å². The molecule has 2 amide bonds. The van der Waals surface area contributed by atoms with Crippen molar-refractivity contribution >= 4 is 34.7 Å². The average molecular weight is 389 g/mol. The predicted molar refractivity (Wildman–Crippen MR) is 115 cm³/mol. The van der Waals surface area contributed by atoms with E-state index in [0.29, 0.717) is 12.4 Å². The second kappa shape index (κ2) is 9.36. The maximum atomic E-state index is 11.4. The van der Waals surface area contributed by atoms with Gasteiger partial charge in [0.05, 0.1) is 6.42 Å². The number of hydrogen-bond acceptors (Lipinski definition) is 5. The van der Waals surface area contributed by atoms with Crippen LogP contribution < -0.4 is 21.7 Å². The summed E-state index contributed by atoms with van der Waals surface area (Å²) >= 11 is 0. The fraction of sp³-hybridized carbons (Fsp3) is 0.136. The highest BCUT2D eigenvalue weighted by atomic mass is 16.1. The van der Waals surface area contributed by atoms with Crippen molar-refractivity contribution in [3.63, 3.8) is 0 Å². The lowest BCUT2D eigenvalue weighted by Gasteiger charge is -2.14. The second-order valence-electron chi connectivity index (χ2n) is 6.59. The summed E-state index contributed by atoms with van der Waals surface area (Å²) in [4.78, 5) is 26.9. The first-order valence-corrected chi connectivity index (χ1v) is 9.19. The maximum absolute atomic E-state index is 11.4. The first-order valence-electron chi connectivity index (χ1n) is 9.19. The van der Waals surface area contributed by atoms with Gasteiger partial charge in [0.2, 0.25) is 11.8 Å². The third-order valence-electron chi connectivity index (χ3n) is 4.15. The van der Waals surface area contributed by atoms with E-state index in [-0.39, 0.29) is 12.3 Å². The Morgan fingerprint density at radius 3 is 2.34 bits per heavy atom. The molecule has 1 heterocycles. The summed E-state index contributed by atoms with van der Waals surface area (Å²) in [6, 6.07) is 19.1. The Kier molecular flexibility index (Phi) is 6.42. The van der Waals surface area contributed by atoms with Crippen LogP contribution in [0.2, 0.25) is 0 Å². The third-order valence-corrected chi connectivity index (χ3v) is 4.15. The molecule has 1 aromatic heterocycles. The van der Waals surface area contributed by atoms with E-state index in [4.69, 9.17) is 5.73 Å². The van der Waals surface area contributed by atoms with E-state index in [1.807, 2.05) is 48.5 Å². The van der Waals surface area contributed by atoms with Gasteiger partial charge in [0, 0.05) is 48.4 Å². The Hall–Kier alpha value is -3.87. The van der Waals surface area contributed by atoms with Crippen LogP contribution >= 0.6 is 0 Å². The molecule has 0 aliphatic carbocycles. The van der Waals surface area contributed by atoms with Gasteiger partial charge in [0.15, 0.2) is 0 Å². The van der Waals surface area contributed by atoms with Crippen molar-refractivity contribution in [1.29, 1.82) is 0 Å². The molecule has 7 heteroatoms. The van der Waals surface area contributed by atoms with Gasteiger partial charge >= 0.3 is 0 Å². The smallest absolute Gasteiger partial charge is 0.221 e. The van der Waals surface area contributed by atoms with Crippen LogP contribution in [0.5, 0.6) is 0 Å². The van der Waals surface area contributed by atoms with Crippen LogP contribution in [0.25, 0.3) is 0 Å². The van der Waals surface area contributed by atoms with Crippen molar-refractivity contribution in [2.75, 3.05) is 16.0 Å². The maximum Gasteiger partial charge on any atom is 0.221 e. The molecule has 0 saturated carbocycles. The van der Waals surface area contributed by atoms with Gasteiger partial charge in [-0.3, -0.25) is 9.59 Å². The number of nitrogens with zero attached hydrogens (tertiary/aromatic N) is 1. The number of anilines is 4. The number of primary amides is 1. The second-order valence-corrected chi connectivity index (χ2v) is 6.59. The van der Waals surface area contributed by atoms with Gasteiger partial charge in [-0.15, -0.1) is 0 Å². The summed E-state index contributed by atoms with van der Waals surface area (Å²) in [6.07, 6.45) is 1.75. The van der Waals surface area contributed by atoms with Crippen LogP contribution in [0.15, 0.2) is 66.9 Å². The SMILES string of the molecule is CC(=O)Nc1ccc(Nc2cc(NCc3ccccc3)c(CC(N)=O)cn2)cc1. The molecular weight excluding hydrogens is 366 g/mol. The molecule has 148 valence electrons. The summed E-state index contributed by atoms with van der Waals surface area (Å²) < 4.78 is 0. The first-order chi connectivity index (χ1) is 14.0. The van der Waals surface area contributed by atoms with E-state index in [2.05, 4.69) is 20.9 Å². The van der Waals surface area contributed by atoms with Crippen LogP contribution in [0.3, 0.4) is 0 Å². The fourth-order valence-electron chi connectivity index (χ4n) is 2.83. The largest absolute Gasteiger partial charge is 0.381 e. The minimum Gasteiger partial charge on any atom is -0.381 e. The van der Waals surface area contributed by atoms with Crippen molar-refractivity contribution in [2.24, 2.45) is 5.73 Å². The summed E-state index contributed by atoms with van der Waals surface area (Å²) in [6.45, 7) is 2.08. The average Bonchev–Trinajstić information content (AvgIpc) is 2.69. The molecule has 0 bridgehead atoms. The van der Waals surface area contributed by atoms with Crippen LogP contribution in [0.4, 0.5) is 22.9 Å². The molecule has 0 aliphatic heterocycles. The minimum absolute atomic E-state index is 0.107. The number of nitrogens with two attached hydrogens (primary N) is 1. The highest BCUT2D eigenvalue weighted by molar-refractivity contribution is 5.88. The molecule has 29 heavy (non-hydrogen) atoms. The monoisotopic (exact) mass is 389 g/mol. The number of amides is 2. The number of pyridine rings is 1. The van der Waals surface area contributed by atoms with Crippen molar-refractivity contribution in [3.05, 3.63) is 78.0 Å². The van der Waals surface area contributed by atoms with E-state index in [1.165, 1.54) is 6.92 Å². The Bertz CT molecular complexity index is 988. The molecule has 5 N–H and O–H groups in total. The Labute approximate surface area is 169 Å². The number of aromatic nitrogens is 1. The molecule has 7 nitrogen and oxygen atoms in total. The molecule has 3 rings (SSSR count). The molecule has 2 aromatic carbocycles. The van der Waals surface area contributed by atoms with Crippen molar-refractivity contribution in [1.82, 2.24) is 4.98 Å². The third kappa shape index (κ3) is 6.07. The first kappa shape index (κ1) is 19.9. The van der Waals surface area contributed by atoms with Crippen LogP contribution in [-0.4, -0.2) is 16.8 Å². The van der Waals surface area contributed by atoms with Gasteiger partial charge in [0.25, 0.3) is 0 Å². The number of hydrogen-bond donors (Lipinski definition) is 4. The normalized spacial score (nSPS) is 10.2. The zero-order valence-corrected chi connectivity index (χ0v) is 16.1. The quantitative estimate of drug-likeness (QED) is 0.472. The van der Waals surface area contributed by atoms with Gasteiger partial charge in [0.1, 0.15) is 5.82 Å². The summed E-state index contributed by atoms with van der Waals surface area (Å²) in [5, 5.41) is 9.31. The number of carbonyl (C=O) groups is 2. The van der Waals surface area contributed by atoms with Crippen molar-refractivity contribution in [3.8, 4) is 0 Å². The van der Waals surface area contributed by atoms with Crippen LogP contribution in [0.1, 0.15) is 18.1 Å². The van der Waals surface area contributed by atoms with Gasteiger partial charge in [-0.2, -0.15) is 0 Å². The zero-order valence-electron chi connectivity index (χ0n) is 16.1. The Morgan fingerprint density at radius 1 is 1.00 bits per heavy atom. The number of carbonyl (C=O) groups excluding carboxylic acids is 2. The van der Waals surface area contributed by atoms with E-state index in [0.717, 1.165) is 28.2 Å². The zero-order chi connectivity index (χ0) is 20.6. The lowest BCUT2D eigenvalue weighted by Crippen LogP contribution is -2.15. The minimum atomic E-state index is -0.413. The fourth-order valence-corrected chi connectivity index (χ4v) is 2.83. The van der Waals surface area contributed by atoms with E-state index in [9.17, 15) is 9.59 Å². The van der Waals surface area contributed by atoms with E-state index in [1.54, 1.807) is 18.3 Å². The van der Waals surface area contributed by atoms with Gasteiger partial charge in [-0.05, 0) is 29.8 Å². The van der Waals surface area contributed by atoms with Gasteiger partial charge in [-0.1, -0.05) is 30.3 Å². The number of nitrogens with one attached hydrogen (secondary N) is 3. The molecule has 0 radical (unpaired) electrons. The summed E-state index contributed by atoms with van der Waals surface area (Å²) in [7, 11) is 0.